The van der Waals surface area contributed by atoms with E-state index in [9.17, 15) is 14.7 Å². The fourth-order valence-corrected chi connectivity index (χ4v) is 4.19. The Morgan fingerprint density at radius 2 is 1.77 bits per heavy atom. The molecule has 1 aromatic carbocycles. The number of amides is 1. The number of hydrogen-bond acceptors (Lipinski definition) is 5. The summed E-state index contributed by atoms with van der Waals surface area (Å²) in [5.41, 5.74) is 2.79. The number of allylic oxidation sites excluding steroid dienone is 2. The van der Waals surface area contributed by atoms with Gasteiger partial charge in [0.15, 0.2) is 5.78 Å². The van der Waals surface area contributed by atoms with Crippen molar-refractivity contribution in [3.63, 3.8) is 0 Å². The van der Waals surface area contributed by atoms with Crippen LogP contribution in [0.4, 0.5) is 0 Å². The first kappa shape index (κ1) is 23.2. The van der Waals surface area contributed by atoms with Crippen LogP contribution in [0.1, 0.15) is 57.6 Å². The van der Waals surface area contributed by atoms with E-state index >= 15 is 0 Å². The van der Waals surface area contributed by atoms with Crippen molar-refractivity contribution >= 4 is 17.9 Å². The molecule has 1 unspecified atom stereocenters. The molecule has 1 amide bonds. The summed E-state index contributed by atoms with van der Waals surface area (Å²) >= 11 is 0. The van der Waals surface area contributed by atoms with Crippen molar-refractivity contribution in [2.75, 3.05) is 39.3 Å². The zero-order valence-electron chi connectivity index (χ0n) is 19.2. The lowest BCUT2D eigenvalue weighted by Crippen LogP contribution is -2.48. The van der Waals surface area contributed by atoms with Crippen molar-refractivity contribution in [2.24, 2.45) is 4.99 Å². The lowest BCUT2D eigenvalue weighted by molar-refractivity contribution is -0.130. The van der Waals surface area contributed by atoms with Crippen LogP contribution >= 0.6 is 0 Å². The predicted molar refractivity (Wildman–Crippen MR) is 124 cm³/mol. The number of nitrogens with zero attached hydrogens (tertiary/aromatic N) is 3. The fourth-order valence-electron chi connectivity index (χ4n) is 4.19. The maximum atomic E-state index is 12.7. The van der Waals surface area contributed by atoms with Gasteiger partial charge in [-0.25, -0.2) is 0 Å². The van der Waals surface area contributed by atoms with E-state index in [4.69, 9.17) is 0 Å². The van der Waals surface area contributed by atoms with Crippen molar-refractivity contribution in [2.45, 2.75) is 51.9 Å². The van der Waals surface area contributed by atoms with E-state index in [1.165, 1.54) is 5.56 Å². The Kier molecular flexibility index (Phi) is 7.31. The molecule has 168 valence electrons. The molecule has 0 radical (unpaired) electrons. The van der Waals surface area contributed by atoms with Crippen LogP contribution in [-0.2, 0) is 15.0 Å². The molecule has 1 aliphatic heterocycles. The van der Waals surface area contributed by atoms with Gasteiger partial charge in [-0.1, -0.05) is 45.0 Å². The molecule has 6 heteroatoms. The van der Waals surface area contributed by atoms with Crippen molar-refractivity contribution < 1.29 is 14.7 Å². The Morgan fingerprint density at radius 1 is 1.13 bits per heavy atom. The third-order valence-electron chi connectivity index (χ3n) is 6.31. The molecule has 1 aliphatic carbocycles. The summed E-state index contributed by atoms with van der Waals surface area (Å²) in [6.45, 7) is 12.7. The second-order valence-electron chi connectivity index (χ2n) is 9.64. The molecule has 1 heterocycles. The SMILES string of the molecule is CC(=O)N1CCN(CCN=CC2=C(O)CC(c3ccc(C(C)(C)C)cc3)CC2=O)CC1. The van der Waals surface area contributed by atoms with Gasteiger partial charge in [-0.2, -0.15) is 0 Å². The molecule has 6 nitrogen and oxygen atoms in total. The number of Topliss-reactive ketones (excluding diaryl/α,β-unsaturated/α-hetero) is 1. The average molecular weight is 426 g/mol. The minimum Gasteiger partial charge on any atom is -0.511 e. The first-order valence-corrected chi connectivity index (χ1v) is 11.2. The number of aliphatic hydroxyl groups excluding tert-OH is 1. The fraction of sp³-hybridized carbons (Fsp3) is 0.560. The quantitative estimate of drug-likeness (QED) is 0.733. The van der Waals surface area contributed by atoms with Gasteiger partial charge in [0.05, 0.1) is 12.1 Å². The summed E-state index contributed by atoms with van der Waals surface area (Å²) in [5.74, 6) is 0.225. The molecule has 1 atom stereocenters. The highest BCUT2D eigenvalue weighted by Gasteiger charge is 2.28. The third kappa shape index (κ3) is 6.03. The van der Waals surface area contributed by atoms with Crippen LogP contribution in [0.15, 0.2) is 40.6 Å². The van der Waals surface area contributed by atoms with Gasteiger partial charge in [0.2, 0.25) is 5.91 Å². The van der Waals surface area contributed by atoms with E-state index in [1.807, 2.05) is 4.90 Å². The number of hydrogen-bond donors (Lipinski definition) is 1. The van der Waals surface area contributed by atoms with Gasteiger partial charge < -0.3 is 10.0 Å². The summed E-state index contributed by atoms with van der Waals surface area (Å²) in [6.07, 6.45) is 2.41. The molecule has 0 bridgehead atoms. The van der Waals surface area contributed by atoms with Crippen molar-refractivity contribution in [1.82, 2.24) is 9.80 Å². The Hall–Kier alpha value is -2.47. The second kappa shape index (κ2) is 9.77. The second-order valence-corrected chi connectivity index (χ2v) is 9.64. The first-order valence-electron chi connectivity index (χ1n) is 11.2. The van der Waals surface area contributed by atoms with Crippen LogP contribution in [0, 0.1) is 0 Å². The van der Waals surface area contributed by atoms with Crippen LogP contribution in [0.3, 0.4) is 0 Å². The molecule has 31 heavy (non-hydrogen) atoms. The summed E-state index contributed by atoms with van der Waals surface area (Å²) in [4.78, 5) is 32.6. The zero-order chi connectivity index (χ0) is 22.6. The van der Waals surface area contributed by atoms with Gasteiger partial charge in [0.1, 0.15) is 5.76 Å². The van der Waals surface area contributed by atoms with Gasteiger partial charge in [-0.05, 0) is 22.5 Å². The van der Waals surface area contributed by atoms with Gasteiger partial charge in [0, 0.05) is 58.7 Å². The number of carbonyl (C=O) groups excluding carboxylic acids is 2. The number of aliphatic imine (C=N–C) groups is 1. The molecule has 1 saturated heterocycles. The highest BCUT2D eigenvalue weighted by molar-refractivity contribution is 6.14. The number of benzene rings is 1. The molecule has 3 rings (SSSR count). The Bertz CT molecular complexity index is 857. The van der Waals surface area contributed by atoms with Crippen molar-refractivity contribution in [3.8, 4) is 0 Å². The number of piperazine rings is 1. The molecule has 0 saturated carbocycles. The van der Waals surface area contributed by atoms with Crippen molar-refractivity contribution in [3.05, 3.63) is 46.7 Å². The third-order valence-corrected chi connectivity index (χ3v) is 6.31. The van der Waals surface area contributed by atoms with Crippen LogP contribution in [0.2, 0.25) is 0 Å². The summed E-state index contributed by atoms with van der Waals surface area (Å²) in [7, 11) is 0. The largest absolute Gasteiger partial charge is 0.511 e. The molecular weight excluding hydrogens is 390 g/mol. The molecule has 1 N–H and O–H groups in total. The van der Waals surface area contributed by atoms with Gasteiger partial charge in [-0.15, -0.1) is 0 Å². The normalized spacial score (nSPS) is 21.2. The van der Waals surface area contributed by atoms with E-state index in [-0.39, 0.29) is 28.8 Å². The van der Waals surface area contributed by atoms with E-state index in [0.717, 1.165) is 38.3 Å². The minimum atomic E-state index is -0.0486. The number of rotatable bonds is 5. The van der Waals surface area contributed by atoms with E-state index in [0.29, 0.717) is 25.0 Å². The Morgan fingerprint density at radius 3 is 2.32 bits per heavy atom. The molecule has 1 aromatic rings. The van der Waals surface area contributed by atoms with E-state index in [1.54, 1.807) is 13.1 Å². The molecule has 0 aromatic heterocycles. The molecule has 1 fully saturated rings. The number of aliphatic hydroxyl groups is 1. The summed E-state index contributed by atoms with van der Waals surface area (Å²) < 4.78 is 0. The summed E-state index contributed by atoms with van der Waals surface area (Å²) in [5, 5.41) is 10.5. The van der Waals surface area contributed by atoms with Crippen LogP contribution in [0.5, 0.6) is 0 Å². The lowest BCUT2D eigenvalue weighted by Gasteiger charge is -2.33. The average Bonchev–Trinajstić information content (AvgIpc) is 2.72. The minimum absolute atomic E-state index is 0.0104. The predicted octanol–water partition coefficient (Wildman–Crippen LogP) is 3.48. The number of ketones is 1. The highest BCUT2D eigenvalue weighted by Crippen LogP contribution is 2.34. The molecular formula is C25H35N3O3. The summed E-state index contributed by atoms with van der Waals surface area (Å²) in [6, 6.07) is 8.40. The standard InChI is InChI=1S/C25H35N3O3/c1-18(29)28-13-11-27(12-14-28)10-9-26-17-22-23(30)15-20(16-24(22)31)19-5-7-21(8-6-19)25(2,3)4/h5-8,17,20,30H,9-16H2,1-4H3. The van der Waals surface area contributed by atoms with Gasteiger partial charge in [-0.3, -0.25) is 19.5 Å². The Labute approximate surface area is 185 Å². The smallest absolute Gasteiger partial charge is 0.219 e. The zero-order valence-corrected chi connectivity index (χ0v) is 19.2. The van der Waals surface area contributed by atoms with Crippen molar-refractivity contribution in [1.29, 1.82) is 0 Å². The Balaban J connectivity index is 1.53. The van der Waals surface area contributed by atoms with Gasteiger partial charge >= 0.3 is 0 Å². The van der Waals surface area contributed by atoms with E-state index in [2.05, 4.69) is 54.9 Å². The highest BCUT2D eigenvalue weighted by atomic mass is 16.3. The molecule has 0 spiro atoms. The van der Waals surface area contributed by atoms with Crippen LogP contribution < -0.4 is 0 Å². The van der Waals surface area contributed by atoms with Gasteiger partial charge in [0.25, 0.3) is 0 Å². The maximum Gasteiger partial charge on any atom is 0.219 e. The van der Waals surface area contributed by atoms with Crippen LogP contribution in [0.25, 0.3) is 0 Å². The first-order chi connectivity index (χ1) is 14.6. The maximum absolute atomic E-state index is 12.7. The lowest BCUT2D eigenvalue weighted by atomic mass is 9.81. The topological polar surface area (TPSA) is 73.2 Å². The van der Waals surface area contributed by atoms with Crippen LogP contribution in [-0.4, -0.2) is 72.1 Å². The molecule has 2 aliphatic rings. The number of carbonyl (C=O) groups is 2. The monoisotopic (exact) mass is 425 g/mol. The van der Waals surface area contributed by atoms with E-state index < -0.39 is 0 Å².